The van der Waals surface area contributed by atoms with E-state index in [0.29, 0.717) is 18.6 Å². The Morgan fingerprint density at radius 2 is 1.82 bits per heavy atom. The minimum atomic E-state index is -0.665. The topological polar surface area (TPSA) is 55.2 Å². The van der Waals surface area contributed by atoms with Crippen LogP contribution in [0.3, 0.4) is 0 Å². The summed E-state index contributed by atoms with van der Waals surface area (Å²) in [7, 11) is 5.34. The van der Waals surface area contributed by atoms with E-state index in [2.05, 4.69) is 30.4 Å². The first kappa shape index (κ1) is 23.2. The normalized spacial score (nSPS) is 29.9. The lowest BCUT2D eigenvalue weighted by Crippen LogP contribution is -2.44. The van der Waals surface area contributed by atoms with Crippen molar-refractivity contribution >= 4 is 11.5 Å². The van der Waals surface area contributed by atoms with Gasteiger partial charge in [-0.05, 0) is 85.0 Å². The van der Waals surface area contributed by atoms with E-state index in [1.165, 1.54) is 11.6 Å². The van der Waals surface area contributed by atoms with Gasteiger partial charge in [0.1, 0.15) is 11.7 Å². The van der Waals surface area contributed by atoms with Gasteiger partial charge in [0.25, 0.3) is 0 Å². The van der Waals surface area contributed by atoms with Gasteiger partial charge in [-0.1, -0.05) is 19.1 Å². The fourth-order valence-corrected chi connectivity index (χ4v) is 6.62. The molecule has 2 spiro atoms. The molecular formula is C28H34FN3O2. The van der Waals surface area contributed by atoms with Gasteiger partial charge in [0.15, 0.2) is 5.66 Å². The minimum absolute atomic E-state index is 0.105. The molecule has 34 heavy (non-hydrogen) atoms. The summed E-state index contributed by atoms with van der Waals surface area (Å²) in [6.07, 6.45) is 4.32. The molecule has 2 unspecified atom stereocenters. The van der Waals surface area contributed by atoms with Gasteiger partial charge in [-0.3, -0.25) is 4.99 Å². The third-order valence-corrected chi connectivity index (χ3v) is 8.36. The lowest BCUT2D eigenvalue weighted by atomic mass is 9.61. The Hall–Kier alpha value is -2.57. The van der Waals surface area contributed by atoms with Crippen molar-refractivity contribution in [1.29, 1.82) is 0 Å². The molecule has 2 aliphatic carbocycles. The summed E-state index contributed by atoms with van der Waals surface area (Å²) in [6, 6.07) is 11.7. The largest absolute Gasteiger partial charge is 0.381 e. The summed E-state index contributed by atoms with van der Waals surface area (Å²) in [6.45, 7) is 4.74. The van der Waals surface area contributed by atoms with Crippen LogP contribution in [0, 0.1) is 11.2 Å². The van der Waals surface area contributed by atoms with Crippen molar-refractivity contribution in [2.45, 2.75) is 63.8 Å². The van der Waals surface area contributed by atoms with Crippen LogP contribution in [-0.4, -0.2) is 38.9 Å². The van der Waals surface area contributed by atoms with Gasteiger partial charge in [0.05, 0.1) is 18.4 Å². The third kappa shape index (κ3) is 3.34. The van der Waals surface area contributed by atoms with Crippen LogP contribution in [0.1, 0.15) is 62.1 Å². The monoisotopic (exact) mass is 463 g/mol. The zero-order chi connectivity index (χ0) is 24.1. The van der Waals surface area contributed by atoms with Crippen molar-refractivity contribution in [3.8, 4) is 11.1 Å². The molecule has 0 saturated heterocycles. The van der Waals surface area contributed by atoms with Gasteiger partial charge in [-0.2, -0.15) is 0 Å². The van der Waals surface area contributed by atoms with Gasteiger partial charge in [0.2, 0.25) is 0 Å². The molecule has 0 amide bonds. The SMILES string of the molecule is CNC1=NC2(N=C1C)c1cc(-c3cc(F)cc(COC)c3)ccc1C(C)C21CCC(OC)CC1. The van der Waals surface area contributed by atoms with Gasteiger partial charge in [0, 0.05) is 32.2 Å². The molecule has 3 aliphatic rings. The van der Waals surface area contributed by atoms with Crippen LogP contribution in [0.2, 0.25) is 0 Å². The number of nitrogens with zero attached hydrogens (tertiary/aromatic N) is 2. The fourth-order valence-electron chi connectivity index (χ4n) is 6.62. The first-order chi connectivity index (χ1) is 16.4. The van der Waals surface area contributed by atoms with Gasteiger partial charge < -0.3 is 14.8 Å². The van der Waals surface area contributed by atoms with Crippen molar-refractivity contribution in [2.75, 3.05) is 21.3 Å². The summed E-state index contributed by atoms with van der Waals surface area (Å²) < 4.78 is 25.4. The molecule has 2 atom stereocenters. The molecule has 1 N–H and O–H groups in total. The summed E-state index contributed by atoms with van der Waals surface area (Å²) in [4.78, 5) is 10.6. The number of nitrogens with one attached hydrogen (secondary N) is 1. The van der Waals surface area contributed by atoms with Crippen molar-refractivity contribution in [3.05, 3.63) is 58.9 Å². The zero-order valence-electron chi connectivity index (χ0n) is 20.7. The molecule has 180 valence electrons. The molecule has 0 aromatic heterocycles. The highest BCUT2D eigenvalue weighted by Crippen LogP contribution is 2.67. The van der Waals surface area contributed by atoms with Gasteiger partial charge in [-0.15, -0.1) is 0 Å². The maximum absolute atomic E-state index is 14.5. The van der Waals surface area contributed by atoms with Crippen molar-refractivity contribution < 1.29 is 13.9 Å². The van der Waals surface area contributed by atoms with Crippen LogP contribution in [-0.2, 0) is 21.7 Å². The molecular weight excluding hydrogens is 429 g/mol. The Balaban J connectivity index is 1.67. The second-order valence-electron chi connectivity index (χ2n) is 9.98. The molecule has 1 heterocycles. The summed E-state index contributed by atoms with van der Waals surface area (Å²) in [5, 5.41) is 3.26. The van der Waals surface area contributed by atoms with E-state index >= 15 is 0 Å². The second kappa shape index (κ2) is 8.58. The number of ether oxygens (including phenoxy) is 2. The van der Waals surface area contributed by atoms with E-state index in [0.717, 1.165) is 59.5 Å². The van der Waals surface area contributed by atoms with Crippen LogP contribution in [0.15, 0.2) is 46.4 Å². The standard InChI is InChI=1S/C28H34FN3O2/c1-17-24-7-6-20(21-12-19(16-33-4)13-22(29)14-21)15-25(24)28(31-18(2)26(30-3)32-28)27(17)10-8-23(34-5)9-11-27/h6-7,12-15,17,23H,8-11,16H2,1-5H3,(H,30,32). The predicted octanol–water partition coefficient (Wildman–Crippen LogP) is 5.58. The van der Waals surface area contributed by atoms with E-state index < -0.39 is 5.66 Å². The molecule has 2 aromatic rings. The zero-order valence-corrected chi connectivity index (χ0v) is 20.7. The second-order valence-corrected chi connectivity index (χ2v) is 9.98. The van der Waals surface area contributed by atoms with Crippen molar-refractivity contribution in [3.63, 3.8) is 0 Å². The number of fused-ring (bicyclic) bond motifs is 3. The van der Waals surface area contributed by atoms with Gasteiger partial charge >= 0.3 is 0 Å². The Morgan fingerprint density at radius 3 is 2.47 bits per heavy atom. The molecule has 5 nitrogen and oxygen atoms in total. The highest BCUT2D eigenvalue weighted by molar-refractivity contribution is 6.41. The average molecular weight is 464 g/mol. The Bertz CT molecular complexity index is 1170. The molecule has 1 saturated carbocycles. The van der Waals surface area contributed by atoms with Crippen molar-refractivity contribution in [1.82, 2.24) is 5.32 Å². The predicted molar refractivity (Wildman–Crippen MR) is 134 cm³/mol. The molecule has 1 aliphatic heterocycles. The summed E-state index contributed by atoms with van der Waals surface area (Å²) in [5.41, 5.74) is 5.26. The highest BCUT2D eigenvalue weighted by Gasteiger charge is 2.64. The Morgan fingerprint density at radius 1 is 1.06 bits per heavy atom. The summed E-state index contributed by atoms with van der Waals surface area (Å²) in [5.74, 6) is 0.905. The number of halogens is 1. The molecule has 2 aromatic carbocycles. The Kier molecular flexibility index (Phi) is 5.85. The van der Waals surface area contributed by atoms with E-state index in [-0.39, 0.29) is 11.2 Å². The third-order valence-electron chi connectivity index (χ3n) is 8.36. The lowest BCUT2D eigenvalue weighted by molar-refractivity contribution is -0.0114. The maximum Gasteiger partial charge on any atom is 0.184 e. The number of rotatable bonds is 4. The smallest absolute Gasteiger partial charge is 0.184 e. The fraction of sp³-hybridized carbons (Fsp3) is 0.500. The van der Waals surface area contributed by atoms with E-state index in [1.54, 1.807) is 13.2 Å². The molecule has 5 rings (SSSR count). The average Bonchev–Trinajstić information content (AvgIpc) is 3.28. The maximum atomic E-state index is 14.5. The first-order valence-electron chi connectivity index (χ1n) is 12.2. The molecule has 6 heteroatoms. The van der Waals surface area contributed by atoms with Crippen LogP contribution in [0.4, 0.5) is 4.39 Å². The number of hydrogen-bond donors (Lipinski definition) is 1. The van der Waals surface area contributed by atoms with E-state index in [4.69, 9.17) is 19.5 Å². The van der Waals surface area contributed by atoms with Crippen LogP contribution in [0.25, 0.3) is 11.1 Å². The molecule has 0 radical (unpaired) electrons. The molecule has 1 fully saturated rings. The number of hydrogen-bond acceptors (Lipinski definition) is 5. The Labute approximate surface area is 201 Å². The van der Waals surface area contributed by atoms with Crippen molar-refractivity contribution in [2.24, 2.45) is 15.4 Å². The quantitative estimate of drug-likeness (QED) is 0.644. The van der Waals surface area contributed by atoms with Crippen LogP contribution >= 0.6 is 0 Å². The summed E-state index contributed by atoms with van der Waals surface area (Å²) >= 11 is 0. The van der Waals surface area contributed by atoms with E-state index in [9.17, 15) is 4.39 Å². The van der Waals surface area contributed by atoms with Crippen LogP contribution in [0.5, 0.6) is 0 Å². The molecule has 0 bridgehead atoms. The number of amidine groups is 1. The van der Waals surface area contributed by atoms with Gasteiger partial charge in [-0.25, -0.2) is 9.38 Å². The highest BCUT2D eigenvalue weighted by atomic mass is 19.1. The van der Waals surface area contributed by atoms with Crippen LogP contribution < -0.4 is 5.32 Å². The first-order valence-corrected chi connectivity index (χ1v) is 12.2. The number of methoxy groups -OCH3 is 2. The number of aliphatic imine (C=N–C) groups is 2. The lowest BCUT2D eigenvalue weighted by Gasteiger charge is -2.47. The number of benzene rings is 2. The van der Waals surface area contributed by atoms with E-state index in [1.807, 2.05) is 27.1 Å². The minimum Gasteiger partial charge on any atom is -0.381 e.